The Hall–Kier alpha value is -1.17. The molecule has 0 saturated heterocycles. The molecular formula is C15H24N2O2S. The van der Waals surface area contributed by atoms with Crippen LogP contribution in [0.5, 0.6) is 5.75 Å². The van der Waals surface area contributed by atoms with Gasteiger partial charge in [0.25, 0.3) is 0 Å². The van der Waals surface area contributed by atoms with Crippen LogP contribution in [0.25, 0.3) is 0 Å². The van der Waals surface area contributed by atoms with Crippen LogP contribution in [0.4, 0.5) is 0 Å². The molecule has 0 bridgehead atoms. The van der Waals surface area contributed by atoms with E-state index in [0.29, 0.717) is 11.6 Å². The highest BCUT2D eigenvalue weighted by Gasteiger charge is 2.21. The maximum Gasteiger partial charge on any atom is 0.129 e. The second kappa shape index (κ2) is 7.57. The van der Waals surface area contributed by atoms with Gasteiger partial charge in [-0.3, -0.25) is 4.90 Å². The summed E-state index contributed by atoms with van der Waals surface area (Å²) >= 11 is 5.00. The van der Waals surface area contributed by atoms with E-state index in [-0.39, 0.29) is 12.1 Å². The fraction of sp³-hybridized carbons (Fsp3) is 0.533. The lowest BCUT2D eigenvalue weighted by molar-refractivity contribution is 0.0747. The number of benzene rings is 1. The van der Waals surface area contributed by atoms with Crippen molar-refractivity contribution in [2.24, 2.45) is 5.73 Å². The van der Waals surface area contributed by atoms with Crippen molar-refractivity contribution in [1.29, 1.82) is 0 Å². The first-order chi connectivity index (χ1) is 9.38. The van der Waals surface area contributed by atoms with Gasteiger partial charge >= 0.3 is 0 Å². The van der Waals surface area contributed by atoms with Gasteiger partial charge in [-0.25, -0.2) is 0 Å². The Morgan fingerprint density at radius 3 is 2.65 bits per heavy atom. The summed E-state index contributed by atoms with van der Waals surface area (Å²) in [5.74, 6) is 0.726. The molecule has 3 N–H and O–H groups in total. The highest BCUT2D eigenvalue weighted by atomic mass is 32.1. The lowest BCUT2D eigenvalue weighted by atomic mass is 10.1. The van der Waals surface area contributed by atoms with E-state index in [1.807, 2.05) is 45.2 Å². The normalized spacial score (nSPS) is 11.7. The molecule has 20 heavy (non-hydrogen) atoms. The SMILES string of the molecule is CN(CCCOc1ccccc1C(N)=S)C(C)(C)CO. The molecule has 0 aliphatic carbocycles. The predicted octanol–water partition coefficient (Wildman–Crippen LogP) is 1.79. The molecule has 0 aromatic heterocycles. The molecule has 1 aromatic rings. The van der Waals surface area contributed by atoms with Crippen molar-refractivity contribution in [1.82, 2.24) is 4.90 Å². The number of likely N-dealkylation sites (N-methyl/N-ethyl adjacent to an activating group) is 1. The minimum atomic E-state index is -0.212. The summed E-state index contributed by atoms with van der Waals surface area (Å²) in [6.45, 7) is 5.59. The number of nitrogens with zero attached hydrogens (tertiary/aromatic N) is 1. The minimum absolute atomic E-state index is 0.134. The topological polar surface area (TPSA) is 58.7 Å². The van der Waals surface area contributed by atoms with Gasteiger partial charge in [0.2, 0.25) is 0 Å². The molecule has 0 saturated carbocycles. The van der Waals surface area contributed by atoms with Crippen LogP contribution in [-0.2, 0) is 0 Å². The molecule has 112 valence electrons. The van der Waals surface area contributed by atoms with Crippen LogP contribution in [-0.4, -0.2) is 47.3 Å². The van der Waals surface area contributed by atoms with Gasteiger partial charge in [0, 0.05) is 12.1 Å². The zero-order valence-corrected chi connectivity index (χ0v) is 13.2. The average Bonchev–Trinajstić information content (AvgIpc) is 2.43. The number of para-hydroxylation sites is 1. The Morgan fingerprint density at radius 1 is 1.40 bits per heavy atom. The number of aliphatic hydroxyl groups is 1. The maximum atomic E-state index is 9.30. The van der Waals surface area contributed by atoms with E-state index >= 15 is 0 Å². The summed E-state index contributed by atoms with van der Waals surface area (Å²) in [6, 6.07) is 7.52. The van der Waals surface area contributed by atoms with Crippen molar-refractivity contribution in [2.45, 2.75) is 25.8 Å². The van der Waals surface area contributed by atoms with Crippen molar-refractivity contribution in [3.63, 3.8) is 0 Å². The predicted molar refractivity (Wildman–Crippen MR) is 86.2 cm³/mol. The monoisotopic (exact) mass is 296 g/mol. The molecule has 0 fully saturated rings. The first-order valence-corrected chi connectivity index (χ1v) is 7.13. The first kappa shape index (κ1) is 16.9. The lowest BCUT2D eigenvalue weighted by Crippen LogP contribution is -2.44. The fourth-order valence-electron chi connectivity index (χ4n) is 1.70. The van der Waals surface area contributed by atoms with Crippen molar-refractivity contribution in [3.05, 3.63) is 29.8 Å². The number of thiocarbonyl (C=S) groups is 1. The smallest absolute Gasteiger partial charge is 0.129 e. The number of hydrogen-bond donors (Lipinski definition) is 2. The summed E-state index contributed by atoms with van der Waals surface area (Å²) in [7, 11) is 2.00. The van der Waals surface area contributed by atoms with Gasteiger partial charge in [-0.05, 0) is 39.4 Å². The summed E-state index contributed by atoms with van der Waals surface area (Å²) < 4.78 is 5.74. The summed E-state index contributed by atoms with van der Waals surface area (Å²) in [6.07, 6.45) is 0.867. The van der Waals surface area contributed by atoms with E-state index in [9.17, 15) is 5.11 Å². The Balaban J connectivity index is 2.44. The Kier molecular flexibility index (Phi) is 6.39. The molecule has 0 radical (unpaired) electrons. The number of aliphatic hydroxyl groups excluding tert-OH is 1. The lowest BCUT2D eigenvalue weighted by Gasteiger charge is -2.33. The molecule has 0 aliphatic rings. The van der Waals surface area contributed by atoms with E-state index in [0.717, 1.165) is 24.3 Å². The average molecular weight is 296 g/mol. The van der Waals surface area contributed by atoms with E-state index in [4.69, 9.17) is 22.7 Å². The standard InChI is InChI=1S/C15H24N2O2S/c1-15(2,11-18)17(3)9-6-10-19-13-8-5-4-7-12(13)14(16)20/h4-5,7-8,18H,6,9-11H2,1-3H3,(H2,16,20). The van der Waals surface area contributed by atoms with E-state index in [2.05, 4.69) is 4.90 Å². The number of hydrogen-bond acceptors (Lipinski definition) is 4. The second-order valence-corrected chi connectivity index (χ2v) is 5.89. The molecule has 0 heterocycles. The maximum absolute atomic E-state index is 9.30. The third-order valence-corrected chi connectivity index (χ3v) is 3.69. The molecule has 4 nitrogen and oxygen atoms in total. The van der Waals surface area contributed by atoms with Crippen LogP contribution in [0.1, 0.15) is 25.8 Å². The van der Waals surface area contributed by atoms with Crippen LogP contribution in [0.15, 0.2) is 24.3 Å². The number of ether oxygens (including phenoxy) is 1. The molecule has 0 atom stereocenters. The van der Waals surface area contributed by atoms with Gasteiger partial charge in [-0.1, -0.05) is 24.4 Å². The van der Waals surface area contributed by atoms with Gasteiger partial charge in [0.15, 0.2) is 0 Å². The first-order valence-electron chi connectivity index (χ1n) is 6.72. The molecule has 5 heteroatoms. The summed E-state index contributed by atoms with van der Waals surface area (Å²) in [5.41, 5.74) is 6.22. The quantitative estimate of drug-likeness (QED) is 0.566. The van der Waals surface area contributed by atoms with Crippen LogP contribution in [0.2, 0.25) is 0 Å². The third-order valence-electron chi connectivity index (χ3n) is 3.47. The van der Waals surface area contributed by atoms with E-state index < -0.39 is 0 Å². The molecule has 0 unspecified atom stereocenters. The van der Waals surface area contributed by atoms with Crippen LogP contribution in [0.3, 0.4) is 0 Å². The van der Waals surface area contributed by atoms with Gasteiger partial charge in [0.1, 0.15) is 10.7 Å². The molecule has 0 aliphatic heterocycles. The van der Waals surface area contributed by atoms with Gasteiger partial charge in [0.05, 0.1) is 18.8 Å². The van der Waals surface area contributed by atoms with Crippen LogP contribution in [0, 0.1) is 0 Å². The van der Waals surface area contributed by atoms with E-state index in [1.165, 1.54) is 0 Å². The molecular weight excluding hydrogens is 272 g/mol. The third kappa shape index (κ3) is 4.74. The molecule has 0 amide bonds. The van der Waals surface area contributed by atoms with E-state index in [1.54, 1.807) is 0 Å². The number of rotatable bonds is 8. The van der Waals surface area contributed by atoms with Crippen LogP contribution >= 0.6 is 12.2 Å². The van der Waals surface area contributed by atoms with Crippen molar-refractivity contribution < 1.29 is 9.84 Å². The second-order valence-electron chi connectivity index (χ2n) is 5.45. The Labute approximate surface area is 126 Å². The van der Waals surface area contributed by atoms with Crippen molar-refractivity contribution >= 4 is 17.2 Å². The zero-order valence-electron chi connectivity index (χ0n) is 12.4. The fourth-order valence-corrected chi connectivity index (χ4v) is 1.87. The highest BCUT2D eigenvalue weighted by molar-refractivity contribution is 7.80. The Morgan fingerprint density at radius 2 is 2.05 bits per heavy atom. The van der Waals surface area contributed by atoms with Crippen molar-refractivity contribution in [3.8, 4) is 5.75 Å². The van der Waals surface area contributed by atoms with Gasteiger partial charge in [-0.2, -0.15) is 0 Å². The highest BCUT2D eigenvalue weighted by Crippen LogP contribution is 2.18. The number of nitrogens with two attached hydrogens (primary N) is 1. The Bertz CT molecular complexity index is 449. The minimum Gasteiger partial charge on any atom is -0.493 e. The summed E-state index contributed by atoms with van der Waals surface area (Å²) in [5, 5.41) is 9.30. The zero-order chi connectivity index (χ0) is 15.2. The largest absolute Gasteiger partial charge is 0.493 e. The van der Waals surface area contributed by atoms with Crippen molar-refractivity contribution in [2.75, 3.05) is 26.8 Å². The molecule has 1 aromatic carbocycles. The molecule has 1 rings (SSSR count). The summed E-state index contributed by atoms with van der Waals surface area (Å²) in [4.78, 5) is 2.47. The van der Waals surface area contributed by atoms with Gasteiger partial charge < -0.3 is 15.6 Å². The van der Waals surface area contributed by atoms with Crippen LogP contribution < -0.4 is 10.5 Å². The van der Waals surface area contributed by atoms with Gasteiger partial charge in [-0.15, -0.1) is 0 Å². The molecule has 0 spiro atoms.